The maximum atomic E-state index is 12.7. The highest BCUT2D eigenvalue weighted by molar-refractivity contribution is 7.99. The lowest BCUT2D eigenvalue weighted by Gasteiger charge is -2.35. The summed E-state index contributed by atoms with van der Waals surface area (Å²) in [4.78, 5) is 16.8. The van der Waals surface area contributed by atoms with Crippen LogP contribution in [0, 0.1) is 0 Å². The van der Waals surface area contributed by atoms with Crippen molar-refractivity contribution in [2.24, 2.45) is 0 Å². The van der Waals surface area contributed by atoms with Crippen LogP contribution in [0.25, 0.3) is 0 Å². The van der Waals surface area contributed by atoms with E-state index in [1.165, 1.54) is 0 Å². The van der Waals surface area contributed by atoms with Gasteiger partial charge in [0.1, 0.15) is 0 Å². The first kappa shape index (κ1) is 17.9. The maximum Gasteiger partial charge on any atom is 0.239 e. The van der Waals surface area contributed by atoms with Crippen LogP contribution in [-0.2, 0) is 4.79 Å². The zero-order valence-corrected chi connectivity index (χ0v) is 15.5. The SMILES string of the molecule is C[C@H](C(=O)N(C)[C@@H](C)c1ccc(Cl)cc1Cl)N1CCSCC1. The Hall–Kier alpha value is -0.420. The van der Waals surface area contributed by atoms with Gasteiger partial charge in [0.05, 0.1) is 12.1 Å². The molecule has 6 heteroatoms. The van der Waals surface area contributed by atoms with E-state index in [4.69, 9.17) is 23.2 Å². The normalized spacial score (nSPS) is 18.8. The van der Waals surface area contributed by atoms with Gasteiger partial charge in [-0.1, -0.05) is 29.3 Å². The largest absolute Gasteiger partial charge is 0.338 e. The van der Waals surface area contributed by atoms with Gasteiger partial charge in [-0.05, 0) is 31.5 Å². The van der Waals surface area contributed by atoms with Crippen molar-refractivity contribution in [2.75, 3.05) is 31.6 Å². The summed E-state index contributed by atoms with van der Waals surface area (Å²) in [6, 6.07) is 5.24. The molecule has 1 aromatic rings. The molecule has 0 aromatic heterocycles. The number of benzene rings is 1. The minimum atomic E-state index is -0.0978. The number of carbonyl (C=O) groups excluding carboxylic acids is 1. The first-order valence-electron chi connectivity index (χ1n) is 7.45. The van der Waals surface area contributed by atoms with E-state index in [0.29, 0.717) is 10.0 Å². The van der Waals surface area contributed by atoms with E-state index >= 15 is 0 Å². The molecule has 0 spiro atoms. The van der Waals surface area contributed by atoms with Crippen molar-refractivity contribution in [3.05, 3.63) is 33.8 Å². The minimum Gasteiger partial charge on any atom is -0.338 e. The molecule has 0 saturated carbocycles. The molecular weight excluding hydrogens is 339 g/mol. The van der Waals surface area contributed by atoms with Gasteiger partial charge in [0, 0.05) is 41.7 Å². The molecule has 22 heavy (non-hydrogen) atoms. The molecule has 0 N–H and O–H groups in total. The molecule has 0 unspecified atom stereocenters. The maximum absolute atomic E-state index is 12.7. The van der Waals surface area contributed by atoms with Crippen LogP contribution in [0.5, 0.6) is 0 Å². The topological polar surface area (TPSA) is 23.6 Å². The zero-order valence-electron chi connectivity index (χ0n) is 13.2. The van der Waals surface area contributed by atoms with Crippen molar-refractivity contribution in [2.45, 2.75) is 25.9 Å². The van der Waals surface area contributed by atoms with E-state index in [9.17, 15) is 4.79 Å². The first-order valence-corrected chi connectivity index (χ1v) is 9.36. The molecule has 2 atom stereocenters. The number of thioether (sulfide) groups is 1. The average Bonchev–Trinajstić information content (AvgIpc) is 2.53. The van der Waals surface area contributed by atoms with Gasteiger partial charge in [-0.2, -0.15) is 11.8 Å². The van der Waals surface area contributed by atoms with Crippen molar-refractivity contribution < 1.29 is 4.79 Å². The Labute approximate surface area is 146 Å². The van der Waals surface area contributed by atoms with Crippen LogP contribution in [0.15, 0.2) is 18.2 Å². The Morgan fingerprint density at radius 3 is 2.50 bits per heavy atom. The number of rotatable bonds is 4. The number of likely N-dealkylation sites (N-methyl/N-ethyl adjacent to an activating group) is 1. The highest BCUT2D eigenvalue weighted by Gasteiger charge is 2.28. The van der Waals surface area contributed by atoms with Crippen molar-refractivity contribution >= 4 is 40.9 Å². The highest BCUT2D eigenvalue weighted by atomic mass is 35.5. The molecule has 0 aliphatic carbocycles. The summed E-state index contributed by atoms with van der Waals surface area (Å²) < 4.78 is 0. The Morgan fingerprint density at radius 1 is 1.27 bits per heavy atom. The summed E-state index contributed by atoms with van der Waals surface area (Å²) in [5.41, 5.74) is 0.920. The van der Waals surface area contributed by atoms with Crippen LogP contribution >= 0.6 is 35.0 Å². The molecule has 2 rings (SSSR count). The Kier molecular flexibility index (Phi) is 6.45. The monoisotopic (exact) mass is 360 g/mol. The average molecular weight is 361 g/mol. The van der Waals surface area contributed by atoms with Crippen molar-refractivity contribution in [1.29, 1.82) is 0 Å². The molecule has 1 saturated heterocycles. The second-order valence-corrected chi connectivity index (χ2v) is 7.68. The number of hydrogen-bond donors (Lipinski definition) is 0. The third-order valence-electron chi connectivity index (χ3n) is 4.29. The standard InChI is InChI=1S/C16H22Cl2N2OS/c1-11(14-5-4-13(17)10-15(14)18)19(3)16(21)12(2)20-6-8-22-9-7-20/h4-5,10-12H,6-9H2,1-3H3/t11-,12+/m0/s1. The summed E-state index contributed by atoms with van der Waals surface area (Å²) in [5.74, 6) is 2.32. The quantitative estimate of drug-likeness (QED) is 0.811. The predicted octanol–water partition coefficient (Wildman–Crippen LogP) is 3.95. The Balaban J connectivity index is 2.08. The lowest BCUT2D eigenvalue weighted by atomic mass is 10.1. The molecule has 1 aliphatic heterocycles. The summed E-state index contributed by atoms with van der Waals surface area (Å²) in [6.45, 7) is 5.93. The number of amides is 1. The molecule has 1 heterocycles. The van der Waals surface area contributed by atoms with E-state index < -0.39 is 0 Å². The molecular formula is C16H22Cl2N2OS. The van der Waals surface area contributed by atoms with E-state index in [-0.39, 0.29) is 18.0 Å². The second-order valence-electron chi connectivity index (χ2n) is 5.62. The van der Waals surface area contributed by atoms with Gasteiger partial charge in [-0.15, -0.1) is 0 Å². The van der Waals surface area contributed by atoms with Gasteiger partial charge in [0.15, 0.2) is 0 Å². The Morgan fingerprint density at radius 2 is 1.91 bits per heavy atom. The van der Waals surface area contributed by atoms with E-state index in [2.05, 4.69) is 4.90 Å². The predicted molar refractivity (Wildman–Crippen MR) is 96.0 cm³/mol. The van der Waals surface area contributed by atoms with Gasteiger partial charge in [-0.3, -0.25) is 9.69 Å². The molecule has 3 nitrogen and oxygen atoms in total. The number of hydrogen-bond acceptors (Lipinski definition) is 3. The fraction of sp³-hybridized carbons (Fsp3) is 0.562. The number of halogens is 2. The fourth-order valence-electron chi connectivity index (χ4n) is 2.66. The van der Waals surface area contributed by atoms with Crippen LogP contribution in [-0.4, -0.2) is 53.4 Å². The fourth-order valence-corrected chi connectivity index (χ4v) is 4.15. The number of nitrogens with zero attached hydrogens (tertiary/aromatic N) is 2. The van der Waals surface area contributed by atoms with Gasteiger partial charge in [0.25, 0.3) is 0 Å². The minimum absolute atomic E-state index is 0.0844. The van der Waals surface area contributed by atoms with Crippen molar-refractivity contribution in [1.82, 2.24) is 9.80 Å². The first-order chi connectivity index (χ1) is 10.4. The molecule has 122 valence electrons. The zero-order chi connectivity index (χ0) is 16.3. The van der Waals surface area contributed by atoms with Gasteiger partial charge in [0.2, 0.25) is 5.91 Å². The number of carbonyl (C=O) groups is 1. The van der Waals surface area contributed by atoms with Gasteiger partial charge in [-0.25, -0.2) is 0 Å². The van der Waals surface area contributed by atoms with Crippen LogP contribution in [0.1, 0.15) is 25.5 Å². The van der Waals surface area contributed by atoms with Crippen LogP contribution in [0.3, 0.4) is 0 Å². The lowest BCUT2D eigenvalue weighted by Crippen LogP contribution is -2.49. The molecule has 1 aromatic carbocycles. The molecule has 1 amide bonds. The van der Waals surface area contributed by atoms with Crippen LogP contribution < -0.4 is 0 Å². The molecule has 0 radical (unpaired) electrons. The van der Waals surface area contributed by atoms with Crippen molar-refractivity contribution in [3.63, 3.8) is 0 Å². The molecule has 1 fully saturated rings. The third kappa shape index (κ3) is 4.10. The Bertz CT molecular complexity index is 535. The van der Waals surface area contributed by atoms with Gasteiger partial charge < -0.3 is 4.90 Å². The van der Waals surface area contributed by atoms with Crippen LogP contribution in [0.4, 0.5) is 0 Å². The lowest BCUT2D eigenvalue weighted by molar-refractivity contribution is -0.136. The smallest absolute Gasteiger partial charge is 0.239 e. The van der Waals surface area contributed by atoms with Crippen LogP contribution in [0.2, 0.25) is 10.0 Å². The van der Waals surface area contributed by atoms with Gasteiger partial charge >= 0.3 is 0 Å². The summed E-state index contributed by atoms with van der Waals surface area (Å²) >= 11 is 14.2. The molecule has 0 bridgehead atoms. The summed E-state index contributed by atoms with van der Waals surface area (Å²) in [6.07, 6.45) is 0. The molecule has 1 aliphatic rings. The van der Waals surface area contributed by atoms with E-state index in [1.807, 2.05) is 44.8 Å². The third-order valence-corrected chi connectivity index (χ3v) is 5.80. The second kappa shape index (κ2) is 7.91. The van der Waals surface area contributed by atoms with Crippen molar-refractivity contribution in [3.8, 4) is 0 Å². The summed E-state index contributed by atoms with van der Waals surface area (Å²) in [7, 11) is 1.84. The summed E-state index contributed by atoms with van der Waals surface area (Å²) in [5, 5.41) is 1.20. The van der Waals surface area contributed by atoms with E-state index in [0.717, 1.165) is 30.2 Å². The highest BCUT2D eigenvalue weighted by Crippen LogP contribution is 2.29. The van der Waals surface area contributed by atoms with E-state index in [1.54, 1.807) is 11.0 Å².